The molecular formula is C15H16O2. The van der Waals surface area contributed by atoms with E-state index in [1.54, 1.807) is 0 Å². The van der Waals surface area contributed by atoms with Crippen molar-refractivity contribution < 1.29 is 9.90 Å². The highest BCUT2D eigenvalue weighted by Gasteiger charge is 2.42. The zero-order valence-corrected chi connectivity index (χ0v) is 9.78. The van der Waals surface area contributed by atoms with Crippen LogP contribution >= 0.6 is 0 Å². The minimum Gasteiger partial charge on any atom is -0.481 e. The molecule has 17 heavy (non-hydrogen) atoms. The highest BCUT2D eigenvalue weighted by Crippen LogP contribution is 2.40. The third-order valence-electron chi connectivity index (χ3n) is 3.71. The van der Waals surface area contributed by atoms with Gasteiger partial charge in [-0.3, -0.25) is 4.79 Å². The maximum atomic E-state index is 11.7. The van der Waals surface area contributed by atoms with Crippen LogP contribution in [0.3, 0.4) is 0 Å². The van der Waals surface area contributed by atoms with Crippen LogP contribution in [0.25, 0.3) is 0 Å². The van der Waals surface area contributed by atoms with E-state index in [0.29, 0.717) is 12.8 Å². The Morgan fingerprint density at radius 3 is 2.47 bits per heavy atom. The molecule has 0 heterocycles. The molecule has 2 rings (SSSR count). The van der Waals surface area contributed by atoms with Crippen molar-refractivity contribution in [3.05, 3.63) is 35.4 Å². The second kappa shape index (κ2) is 4.63. The molecule has 1 aliphatic carbocycles. The zero-order chi connectivity index (χ0) is 12.3. The zero-order valence-electron chi connectivity index (χ0n) is 9.78. The van der Waals surface area contributed by atoms with E-state index in [-0.39, 0.29) is 0 Å². The largest absolute Gasteiger partial charge is 0.481 e. The molecule has 2 heteroatoms. The first kappa shape index (κ1) is 11.7. The molecule has 1 aromatic rings. The summed E-state index contributed by atoms with van der Waals surface area (Å²) in [5.74, 6) is 1.87. The number of carbonyl (C=O) groups is 1. The van der Waals surface area contributed by atoms with Crippen LogP contribution in [0, 0.1) is 12.3 Å². The van der Waals surface area contributed by atoms with Gasteiger partial charge in [0.15, 0.2) is 0 Å². The third-order valence-corrected chi connectivity index (χ3v) is 3.71. The molecule has 0 aromatic heterocycles. The summed E-state index contributed by atoms with van der Waals surface area (Å²) in [6.45, 7) is 0. The lowest BCUT2D eigenvalue weighted by Crippen LogP contribution is -2.38. The van der Waals surface area contributed by atoms with Crippen LogP contribution in [0.4, 0.5) is 0 Å². The van der Waals surface area contributed by atoms with E-state index in [2.05, 4.69) is 5.92 Å². The van der Waals surface area contributed by atoms with E-state index in [0.717, 1.165) is 30.4 Å². The third kappa shape index (κ3) is 1.93. The molecule has 0 spiro atoms. The fraction of sp³-hybridized carbons (Fsp3) is 0.400. The second-order valence-corrected chi connectivity index (χ2v) is 4.64. The van der Waals surface area contributed by atoms with Gasteiger partial charge in [-0.1, -0.05) is 43.4 Å². The number of carboxylic acids is 1. The normalized spacial score (nSPS) is 18.3. The predicted molar refractivity (Wildman–Crippen MR) is 66.8 cm³/mol. The van der Waals surface area contributed by atoms with E-state index in [9.17, 15) is 9.90 Å². The maximum Gasteiger partial charge on any atom is 0.314 e. The predicted octanol–water partition coefficient (Wildman–Crippen LogP) is 2.95. The molecule has 88 valence electrons. The Hall–Kier alpha value is -1.75. The van der Waals surface area contributed by atoms with Crippen molar-refractivity contribution in [1.29, 1.82) is 0 Å². The van der Waals surface area contributed by atoms with Crippen molar-refractivity contribution in [3.63, 3.8) is 0 Å². The Morgan fingerprint density at radius 2 is 1.88 bits per heavy atom. The first-order chi connectivity index (χ1) is 8.20. The van der Waals surface area contributed by atoms with Gasteiger partial charge in [0.2, 0.25) is 0 Å². The lowest BCUT2D eigenvalue weighted by atomic mass is 9.68. The Bertz CT molecular complexity index is 462. The number of hydrogen-bond donors (Lipinski definition) is 1. The van der Waals surface area contributed by atoms with Crippen LogP contribution < -0.4 is 0 Å². The SMILES string of the molecule is C#Cc1ccccc1C1(C(=O)O)CCCCC1. The van der Waals surface area contributed by atoms with Crippen LogP contribution in [-0.2, 0) is 10.2 Å². The van der Waals surface area contributed by atoms with E-state index in [4.69, 9.17) is 6.42 Å². The number of benzene rings is 1. The first-order valence-corrected chi connectivity index (χ1v) is 6.00. The Kier molecular flexibility index (Phi) is 3.19. The Morgan fingerprint density at radius 1 is 1.24 bits per heavy atom. The average molecular weight is 228 g/mol. The molecule has 0 radical (unpaired) electrons. The van der Waals surface area contributed by atoms with Crippen LogP contribution in [0.15, 0.2) is 24.3 Å². The van der Waals surface area contributed by atoms with E-state index in [1.165, 1.54) is 0 Å². The fourth-order valence-electron chi connectivity index (χ4n) is 2.78. The smallest absolute Gasteiger partial charge is 0.314 e. The monoisotopic (exact) mass is 228 g/mol. The van der Waals surface area contributed by atoms with Gasteiger partial charge in [0, 0.05) is 5.56 Å². The van der Waals surface area contributed by atoms with Crippen molar-refractivity contribution in [2.45, 2.75) is 37.5 Å². The number of aliphatic carboxylic acids is 1. The summed E-state index contributed by atoms with van der Waals surface area (Å²) in [6, 6.07) is 7.43. The lowest BCUT2D eigenvalue weighted by molar-refractivity contribution is -0.145. The number of terminal acetylenes is 1. The fourth-order valence-corrected chi connectivity index (χ4v) is 2.78. The van der Waals surface area contributed by atoms with E-state index in [1.807, 2.05) is 24.3 Å². The van der Waals surface area contributed by atoms with Crippen LogP contribution in [-0.4, -0.2) is 11.1 Å². The first-order valence-electron chi connectivity index (χ1n) is 6.00. The Labute approximate surface area is 102 Å². The van der Waals surface area contributed by atoms with Crippen molar-refractivity contribution in [1.82, 2.24) is 0 Å². The molecule has 0 bridgehead atoms. The molecule has 2 nitrogen and oxygen atoms in total. The maximum absolute atomic E-state index is 11.7. The summed E-state index contributed by atoms with van der Waals surface area (Å²) >= 11 is 0. The van der Waals surface area contributed by atoms with Crippen LogP contribution in [0.2, 0.25) is 0 Å². The topological polar surface area (TPSA) is 37.3 Å². The van der Waals surface area contributed by atoms with Gasteiger partial charge in [0.25, 0.3) is 0 Å². The lowest BCUT2D eigenvalue weighted by Gasteiger charge is -2.34. The van der Waals surface area contributed by atoms with Gasteiger partial charge in [-0.15, -0.1) is 6.42 Å². The van der Waals surface area contributed by atoms with Crippen molar-refractivity contribution in [2.24, 2.45) is 0 Å². The molecule has 0 aliphatic heterocycles. The minimum atomic E-state index is -0.763. The molecule has 0 saturated heterocycles. The minimum absolute atomic E-state index is 0.695. The summed E-state index contributed by atoms with van der Waals surface area (Å²) < 4.78 is 0. The van der Waals surface area contributed by atoms with Gasteiger partial charge in [0.05, 0.1) is 5.41 Å². The molecule has 0 atom stereocenters. The van der Waals surface area contributed by atoms with Crippen molar-refractivity contribution in [3.8, 4) is 12.3 Å². The summed E-state index contributed by atoms with van der Waals surface area (Å²) in [5, 5.41) is 9.59. The van der Waals surface area contributed by atoms with Gasteiger partial charge < -0.3 is 5.11 Å². The van der Waals surface area contributed by atoms with E-state index >= 15 is 0 Å². The molecule has 1 fully saturated rings. The molecular weight excluding hydrogens is 212 g/mol. The summed E-state index contributed by atoms with van der Waals surface area (Å²) in [4.78, 5) is 11.7. The summed E-state index contributed by atoms with van der Waals surface area (Å²) in [5.41, 5.74) is 0.771. The molecule has 1 N–H and O–H groups in total. The summed E-state index contributed by atoms with van der Waals surface area (Å²) in [6.07, 6.45) is 9.91. The quantitative estimate of drug-likeness (QED) is 0.790. The number of carboxylic acid groups (broad SMARTS) is 1. The highest BCUT2D eigenvalue weighted by atomic mass is 16.4. The Balaban J connectivity index is 2.53. The van der Waals surface area contributed by atoms with Gasteiger partial charge in [-0.25, -0.2) is 0 Å². The number of hydrogen-bond acceptors (Lipinski definition) is 1. The average Bonchev–Trinajstić information content (AvgIpc) is 2.39. The van der Waals surface area contributed by atoms with Crippen LogP contribution in [0.1, 0.15) is 43.2 Å². The van der Waals surface area contributed by atoms with Gasteiger partial charge in [-0.05, 0) is 24.5 Å². The number of rotatable bonds is 2. The molecule has 1 saturated carbocycles. The summed E-state index contributed by atoms with van der Waals surface area (Å²) in [7, 11) is 0. The van der Waals surface area contributed by atoms with Gasteiger partial charge >= 0.3 is 5.97 Å². The van der Waals surface area contributed by atoms with Crippen LogP contribution in [0.5, 0.6) is 0 Å². The highest BCUT2D eigenvalue weighted by molar-refractivity contribution is 5.82. The molecule has 0 amide bonds. The van der Waals surface area contributed by atoms with Crippen molar-refractivity contribution in [2.75, 3.05) is 0 Å². The van der Waals surface area contributed by atoms with Gasteiger partial charge in [-0.2, -0.15) is 0 Å². The van der Waals surface area contributed by atoms with Gasteiger partial charge in [0.1, 0.15) is 0 Å². The second-order valence-electron chi connectivity index (χ2n) is 4.64. The molecule has 1 aliphatic rings. The van der Waals surface area contributed by atoms with E-state index < -0.39 is 11.4 Å². The molecule has 1 aromatic carbocycles. The standard InChI is InChI=1S/C15H16O2/c1-2-12-8-4-5-9-13(12)15(14(16)17)10-6-3-7-11-15/h1,4-5,8-9H,3,6-7,10-11H2,(H,16,17). The van der Waals surface area contributed by atoms with Crippen molar-refractivity contribution >= 4 is 5.97 Å². The molecule has 0 unspecified atom stereocenters.